The Morgan fingerprint density at radius 3 is 2.44 bits per heavy atom. The molecule has 19 heteroatoms. The minimum atomic E-state index is -5.11. The molecule has 2 saturated carbocycles. The van der Waals surface area contributed by atoms with E-state index in [2.05, 4.69) is 15.0 Å². The van der Waals surface area contributed by atoms with Gasteiger partial charge in [-0.2, -0.15) is 18.2 Å². The van der Waals surface area contributed by atoms with Crippen molar-refractivity contribution in [3.8, 4) is 11.8 Å². The molecule has 59 heavy (non-hydrogen) atoms. The minimum absolute atomic E-state index is 0.0267. The predicted molar refractivity (Wildman–Crippen MR) is 211 cm³/mol. The van der Waals surface area contributed by atoms with Gasteiger partial charge in [0.2, 0.25) is 33.6 Å². The van der Waals surface area contributed by atoms with Gasteiger partial charge in [0.25, 0.3) is 5.91 Å². The van der Waals surface area contributed by atoms with Crippen LogP contribution in [0, 0.1) is 17.8 Å². The summed E-state index contributed by atoms with van der Waals surface area (Å²) in [6, 6.07) is 3.22. The van der Waals surface area contributed by atoms with E-state index in [-0.39, 0.29) is 47.9 Å². The van der Waals surface area contributed by atoms with Crippen molar-refractivity contribution in [1.82, 2.24) is 24.8 Å². The number of allylic oxidation sites excluding steroid dienone is 1. The second kappa shape index (κ2) is 16.3. The summed E-state index contributed by atoms with van der Waals surface area (Å²) in [7, 11) is -4.04. The first-order valence-electron chi connectivity index (χ1n) is 19.8. The van der Waals surface area contributed by atoms with Gasteiger partial charge in [0.05, 0.1) is 17.9 Å². The summed E-state index contributed by atoms with van der Waals surface area (Å²) in [6.45, 7) is 7.92. The lowest BCUT2D eigenvalue weighted by Crippen LogP contribution is -2.66. The number of carbonyl (C=O) groups excluding carboxylic acids is 3. The summed E-state index contributed by atoms with van der Waals surface area (Å²) in [5.41, 5.74) is -4.77. The lowest BCUT2D eigenvalue weighted by atomic mass is 9.85. The van der Waals surface area contributed by atoms with Crippen LogP contribution in [0.15, 0.2) is 36.4 Å². The standard InChI is InChI=1S/C40H51ClF3N5O9S/c1-21(2)57-31-18-28-27(12-9-13-29(28)41)34(45-31)58-25-17-30-33(50)46-39(36(52)47-59(55,56)26-14-15-26)19-24(39)11-8-7-10-22(3)16-23(4)32(35(51)48(30)20-25)49(37(53)54)38(5,6)40(42,43)44/h8-9,11-13,18,21-26,30,32H,7,10,14-17,19-20H2,1-6H3,(H,46,50)(H,47,52)(H,53,54)/t22-,23-,24-,25-,30+,32+,39-/m1/s1. The molecule has 2 aliphatic carbocycles. The van der Waals surface area contributed by atoms with Crippen molar-refractivity contribution in [2.75, 3.05) is 6.54 Å². The maximum absolute atomic E-state index is 15.0. The van der Waals surface area contributed by atoms with Crippen molar-refractivity contribution in [2.45, 2.75) is 133 Å². The molecule has 1 aromatic carbocycles. The first-order valence-corrected chi connectivity index (χ1v) is 21.8. The van der Waals surface area contributed by atoms with Crippen molar-refractivity contribution >= 4 is 56.2 Å². The van der Waals surface area contributed by atoms with Gasteiger partial charge in [-0.25, -0.2) is 13.2 Å². The molecule has 6 rings (SSSR count). The number of rotatable bonds is 9. The van der Waals surface area contributed by atoms with E-state index < -0.39 is 92.9 Å². The van der Waals surface area contributed by atoms with Crippen molar-refractivity contribution in [2.24, 2.45) is 17.8 Å². The number of nitrogens with zero attached hydrogens (tertiary/aromatic N) is 3. The highest BCUT2D eigenvalue weighted by molar-refractivity contribution is 7.91. The van der Waals surface area contributed by atoms with Crippen LogP contribution in [-0.4, -0.2) is 105 Å². The Morgan fingerprint density at radius 1 is 1.12 bits per heavy atom. The van der Waals surface area contributed by atoms with Gasteiger partial charge in [0.1, 0.15) is 29.3 Å². The third-order valence-corrected chi connectivity index (χ3v) is 13.9. The Kier molecular flexibility index (Phi) is 12.2. The molecule has 324 valence electrons. The van der Waals surface area contributed by atoms with E-state index >= 15 is 4.79 Å². The molecule has 0 bridgehead atoms. The Balaban J connectivity index is 1.44. The van der Waals surface area contributed by atoms with E-state index in [1.807, 2.05) is 6.92 Å². The van der Waals surface area contributed by atoms with Gasteiger partial charge in [-0.05, 0) is 90.2 Å². The van der Waals surface area contributed by atoms with Gasteiger partial charge in [0.15, 0.2) is 0 Å². The fourth-order valence-electron chi connectivity index (χ4n) is 8.22. The average molecular weight is 870 g/mol. The smallest absolute Gasteiger partial charge is 0.411 e. The van der Waals surface area contributed by atoms with Gasteiger partial charge in [-0.15, -0.1) is 0 Å². The normalized spacial score (nSPS) is 28.2. The largest absolute Gasteiger partial charge is 0.475 e. The van der Waals surface area contributed by atoms with Gasteiger partial charge >= 0.3 is 12.3 Å². The number of alkyl halides is 3. The number of amides is 4. The quantitative estimate of drug-likeness (QED) is 0.245. The van der Waals surface area contributed by atoms with E-state index in [4.69, 9.17) is 21.1 Å². The van der Waals surface area contributed by atoms with Crippen molar-refractivity contribution in [3.05, 3.63) is 41.4 Å². The number of hydrogen-bond donors (Lipinski definition) is 3. The number of aromatic nitrogens is 1. The second-order valence-corrected chi connectivity index (χ2v) is 19.5. The molecule has 4 amide bonds. The van der Waals surface area contributed by atoms with Gasteiger partial charge in [-0.1, -0.05) is 43.7 Å². The van der Waals surface area contributed by atoms with Crippen LogP contribution in [0.4, 0.5) is 18.0 Å². The van der Waals surface area contributed by atoms with E-state index in [1.54, 1.807) is 50.3 Å². The third-order valence-electron chi connectivity index (χ3n) is 11.8. The highest BCUT2D eigenvalue weighted by Crippen LogP contribution is 2.47. The molecular formula is C40H51ClF3N5O9S. The van der Waals surface area contributed by atoms with Gasteiger partial charge in [-0.3, -0.25) is 24.0 Å². The summed E-state index contributed by atoms with van der Waals surface area (Å²) in [4.78, 5) is 62.1. The molecule has 3 fully saturated rings. The first kappa shape index (κ1) is 44.2. The predicted octanol–water partition coefficient (Wildman–Crippen LogP) is 6.21. The van der Waals surface area contributed by atoms with E-state index in [1.165, 1.54) is 6.92 Å². The molecule has 3 N–H and O–H groups in total. The fourth-order valence-corrected chi connectivity index (χ4v) is 9.81. The molecule has 2 aliphatic heterocycles. The van der Waals surface area contributed by atoms with E-state index in [0.717, 1.165) is 4.90 Å². The molecule has 7 atom stereocenters. The minimum Gasteiger partial charge on any atom is -0.475 e. The van der Waals surface area contributed by atoms with Crippen LogP contribution in [0.25, 0.3) is 10.8 Å². The lowest BCUT2D eigenvalue weighted by Gasteiger charge is -2.45. The molecule has 4 aliphatic rings. The zero-order valence-corrected chi connectivity index (χ0v) is 35.3. The van der Waals surface area contributed by atoms with Gasteiger partial charge < -0.3 is 24.8 Å². The van der Waals surface area contributed by atoms with Crippen molar-refractivity contribution in [3.63, 3.8) is 0 Å². The van der Waals surface area contributed by atoms with Crippen molar-refractivity contribution in [1.29, 1.82) is 0 Å². The average Bonchev–Trinajstić information content (AvgIpc) is 4.05. The number of nitrogens with one attached hydrogen (secondary N) is 2. The summed E-state index contributed by atoms with van der Waals surface area (Å²) in [5, 5.41) is 13.8. The summed E-state index contributed by atoms with van der Waals surface area (Å²) < 4.78 is 84.4. The SMILES string of the molecule is CC(C)Oc1cc2c(Cl)cccc2c(O[C@@H]2C[C@H]3C(=O)N[C@]4(C(=O)NS(=O)(=O)C5CC5)C[C@H]4C=CCC[C@@H](C)C[C@@H](C)[C@H](N(C(=O)O)C(C)(C)C(F)(F)F)C(=O)N3C2)n1. The lowest BCUT2D eigenvalue weighted by molar-refractivity contribution is -0.222. The number of carboxylic acid groups (broad SMARTS) is 1. The number of fused-ring (bicyclic) bond motifs is 3. The highest BCUT2D eigenvalue weighted by atomic mass is 35.5. The Hall–Kier alpha value is -4.32. The summed E-state index contributed by atoms with van der Waals surface area (Å²) >= 11 is 6.55. The van der Waals surface area contributed by atoms with E-state index in [9.17, 15) is 41.1 Å². The van der Waals surface area contributed by atoms with Crippen LogP contribution in [0.1, 0.15) is 86.5 Å². The third kappa shape index (κ3) is 9.08. The molecule has 1 aromatic heterocycles. The number of sulfonamides is 1. The maximum atomic E-state index is 15.0. The number of pyridine rings is 1. The highest BCUT2D eigenvalue weighted by Gasteiger charge is 2.63. The second-order valence-electron chi connectivity index (χ2n) is 17.2. The van der Waals surface area contributed by atoms with Crippen LogP contribution in [-0.2, 0) is 24.4 Å². The topological polar surface area (TPSA) is 185 Å². The molecule has 1 saturated heterocycles. The number of ether oxygens (including phenoxy) is 2. The number of hydrogen-bond acceptors (Lipinski definition) is 9. The Bertz CT molecular complexity index is 2130. The maximum Gasteiger partial charge on any atom is 0.411 e. The molecule has 14 nitrogen and oxygen atoms in total. The summed E-state index contributed by atoms with van der Waals surface area (Å²) in [5.74, 6) is -4.50. The number of carbonyl (C=O) groups is 4. The molecule has 0 spiro atoms. The first-order chi connectivity index (χ1) is 27.5. The monoisotopic (exact) mass is 869 g/mol. The summed E-state index contributed by atoms with van der Waals surface area (Å²) in [6.07, 6.45) is -3.25. The van der Waals surface area contributed by atoms with Crippen LogP contribution < -0.4 is 19.5 Å². The number of halogens is 4. The van der Waals surface area contributed by atoms with Crippen LogP contribution in [0.3, 0.4) is 0 Å². The molecule has 3 heterocycles. The van der Waals surface area contributed by atoms with E-state index in [0.29, 0.717) is 55.3 Å². The molecular weight excluding hydrogens is 819 g/mol. The Morgan fingerprint density at radius 2 is 1.81 bits per heavy atom. The molecule has 0 unspecified atom stereocenters. The van der Waals surface area contributed by atoms with Crippen molar-refractivity contribution < 1.29 is 55.3 Å². The van der Waals surface area contributed by atoms with Crippen LogP contribution in [0.2, 0.25) is 5.02 Å². The number of benzene rings is 1. The Labute approximate surface area is 346 Å². The van der Waals surface area contributed by atoms with Gasteiger partial charge in [0, 0.05) is 34.2 Å². The zero-order chi connectivity index (χ0) is 43.4. The molecule has 0 radical (unpaired) electrons. The zero-order valence-electron chi connectivity index (χ0n) is 33.7. The van der Waals surface area contributed by atoms with Crippen LogP contribution in [0.5, 0.6) is 11.8 Å². The fraction of sp³-hybridized carbons (Fsp3) is 0.625. The van der Waals surface area contributed by atoms with Crippen LogP contribution >= 0.6 is 11.6 Å². The molecule has 2 aromatic rings.